The van der Waals surface area contributed by atoms with Gasteiger partial charge in [-0.3, -0.25) is 4.79 Å². The summed E-state index contributed by atoms with van der Waals surface area (Å²) in [7, 11) is 0. The second kappa shape index (κ2) is 9.73. The maximum absolute atomic E-state index is 13.0. The maximum atomic E-state index is 13.0. The molecule has 1 aromatic heterocycles. The van der Waals surface area contributed by atoms with Gasteiger partial charge in [0.1, 0.15) is 12.2 Å². The van der Waals surface area contributed by atoms with Crippen LogP contribution in [0.15, 0.2) is 77.9 Å². The Kier molecular flexibility index (Phi) is 6.59. The van der Waals surface area contributed by atoms with Crippen molar-refractivity contribution in [2.75, 3.05) is 13.2 Å². The van der Waals surface area contributed by atoms with Crippen molar-refractivity contribution in [3.63, 3.8) is 0 Å². The third-order valence-electron chi connectivity index (χ3n) is 6.29. The van der Waals surface area contributed by atoms with Crippen LogP contribution in [0.5, 0.6) is 0 Å². The lowest BCUT2D eigenvalue weighted by Gasteiger charge is -2.41. The molecule has 0 bridgehead atoms. The van der Waals surface area contributed by atoms with E-state index in [9.17, 15) is 9.59 Å². The molecule has 6 nitrogen and oxygen atoms in total. The zero-order chi connectivity index (χ0) is 22.4. The summed E-state index contributed by atoms with van der Waals surface area (Å²) in [4.78, 5) is 24.9. The first-order chi connectivity index (χ1) is 15.6. The average Bonchev–Trinajstić information content (AvgIpc) is 3.32. The Morgan fingerprint density at radius 3 is 2.62 bits per heavy atom. The summed E-state index contributed by atoms with van der Waals surface area (Å²) < 4.78 is 10.6. The predicted octanol–water partition coefficient (Wildman–Crippen LogP) is 4.96. The smallest absolute Gasteiger partial charge is 0.407 e. The van der Waals surface area contributed by atoms with Crippen LogP contribution in [0, 0.1) is 0 Å². The highest BCUT2D eigenvalue weighted by Gasteiger charge is 2.37. The Morgan fingerprint density at radius 1 is 1.09 bits per heavy atom. The predicted molar refractivity (Wildman–Crippen MR) is 124 cm³/mol. The highest BCUT2D eigenvalue weighted by molar-refractivity contribution is 6.04. The molecule has 1 aliphatic rings. The zero-order valence-electron chi connectivity index (χ0n) is 18.0. The van der Waals surface area contributed by atoms with Crippen molar-refractivity contribution in [3.8, 4) is 0 Å². The van der Waals surface area contributed by atoms with Crippen molar-refractivity contribution in [2.24, 2.45) is 0 Å². The molecule has 6 heteroatoms. The number of carbonyl (C=O) groups is 2. The van der Waals surface area contributed by atoms with E-state index in [2.05, 4.69) is 29.3 Å². The molecular weight excluding hydrogens is 404 g/mol. The number of carbonyl (C=O) groups excluding carboxylic acids is 2. The lowest BCUT2D eigenvalue weighted by Crippen LogP contribution is -2.47. The molecule has 2 aromatic carbocycles. The lowest BCUT2D eigenvalue weighted by molar-refractivity contribution is 0.0935. The van der Waals surface area contributed by atoms with E-state index >= 15 is 0 Å². The summed E-state index contributed by atoms with van der Waals surface area (Å²) in [5, 5.41) is 7.00. The summed E-state index contributed by atoms with van der Waals surface area (Å²) in [6, 6.07) is 17.8. The van der Waals surface area contributed by atoms with Crippen LogP contribution >= 0.6 is 0 Å². The van der Waals surface area contributed by atoms with Gasteiger partial charge in [-0.2, -0.15) is 0 Å². The molecular formula is C26H28N2O4. The van der Waals surface area contributed by atoms with Gasteiger partial charge in [0, 0.05) is 23.4 Å². The first-order valence-corrected chi connectivity index (χ1v) is 11.0. The van der Waals surface area contributed by atoms with E-state index in [1.807, 2.05) is 36.4 Å². The number of nitrogens with one attached hydrogen (secondary N) is 2. The van der Waals surface area contributed by atoms with Gasteiger partial charge >= 0.3 is 6.09 Å². The molecule has 0 radical (unpaired) electrons. The molecule has 2 N–H and O–H groups in total. The molecule has 0 atom stereocenters. The van der Waals surface area contributed by atoms with Gasteiger partial charge in [-0.05, 0) is 43.4 Å². The van der Waals surface area contributed by atoms with Crippen molar-refractivity contribution in [1.29, 1.82) is 0 Å². The van der Waals surface area contributed by atoms with Crippen molar-refractivity contribution in [3.05, 3.63) is 84.6 Å². The van der Waals surface area contributed by atoms with Crippen LogP contribution in [-0.4, -0.2) is 31.2 Å². The molecule has 1 fully saturated rings. The summed E-state index contributed by atoms with van der Waals surface area (Å²) in [6.07, 6.45) is 6.03. The number of amides is 2. The van der Waals surface area contributed by atoms with E-state index in [1.54, 1.807) is 18.4 Å². The maximum Gasteiger partial charge on any atom is 0.407 e. The van der Waals surface area contributed by atoms with E-state index < -0.39 is 6.09 Å². The molecule has 32 heavy (non-hydrogen) atoms. The quantitative estimate of drug-likeness (QED) is 0.518. The van der Waals surface area contributed by atoms with Gasteiger partial charge in [-0.15, -0.1) is 0 Å². The summed E-state index contributed by atoms with van der Waals surface area (Å²) in [5.74, 6) is -0.144. The summed E-state index contributed by atoms with van der Waals surface area (Å²) >= 11 is 0. The standard InChI is InChI=1S/C26H28N2O4/c1-2-16-32-25(30)28-21-11-14-26(15-12-21,20-8-4-3-5-9-20)18-27-24(29)22-10-6-7-19-13-17-31-23(19)22/h2-10,13,17,21H,1,11-12,14-16,18H2,(H,27,29)(H,28,30). The Morgan fingerprint density at radius 2 is 1.88 bits per heavy atom. The number of ether oxygens (including phenoxy) is 1. The second-order valence-electron chi connectivity index (χ2n) is 8.28. The Balaban J connectivity index is 1.46. The molecule has 1 heterocycles. The number of para-hydroxylation sites is 1. The molecule has 0 spiro atoms. The number of benzene rings is 2. The number of alkyl carbamates (subject to hydrolysis) is 1. The third-order valence-corrected chi connectivity index (χ3v) is 6.29. The van der Waals surface area contributed by atoms with E-state index in [4.69, 9.17) is 9.15 Å². The normalized spacial score (nSPS) is 20.4. The van der Waals surface area contributed by atoms with E-state index in [0.29, 0.717) is 17.7 Å². The van der Waals surface area contributed by atoms with Crippen molar-refractivity contribution in [2.45, 2.75) is 37.1 Å². The molecule has 1 aliphatic carbocycles. The van der Waals surface area contributed by atoms with Gasteiger partial charge in [0.2, 0.25) is 0 Å². The summed E-state index contributed by atoms with van der Waals surface area (Å²) in [5.41, 5.74) is 2.14. The SMILES string of the molecule is C=CCOC(=O)NC1CCC(CNC(=O)c2cccc3ccoc23)(c2ccccc2)CC1. The molecule has 4 rings (SSSR count). The van der Waals surface area contributed by atoms with Crippen LogP contribution < -0.4 is 10.6 Å². The Hall–Kier alpha value is -3.54. The molecule has 2 amide bonds. The minimum absolute atomic E-state index is 0.0525. The number of rotatable bonds is 7. The molecule has 0 aliphatic heterocycles. The van der Waals surface area contributed by atoms with Crippen LogP contribution in [0.3, 0.4) is 0 Å². The number of hydrogen-bond donors (Lipinski definition) is 2. The monoisotopic (exact) mass is 432 g/mol. The highest BCUT2D eigenvalue weighted by atomic mass is 16.5. The van der Waals surface area contributed by atoms with Gasteiger partial charge < -0.3 is 19.8 Å². The highest BCUT2D eigenvalue weighted by Crippen LogP contribution is 2.39. The Bertz CT molecular complexity index is 1080. The fraction of sp³-hybridized carbons (Fsp3) is 0.308. The van der Waals surface area contributed by atoms with Gasteiger partial charge in [0.15, 0.2) is 0 Å². The molecule has 1 saturated carbocycles. The van der Waals surface area contributed by atoms with E-state index in [-0.39, 0.29) is 24.0 Å². The van der Waals surface area contributed by atoms with Crippen molar-refractivity contribution in [1.82, 2.24) is 10.6 Å². The largest absolute Gasteiger partial charge is 0.464 e. The van der Waals surface area contributed by atoms with Crippen LogP contribution in [0.4, 0.5) is 4.79 Å². The van der Waals surface area contributed by atoms with Gasteiger partial charge in [-0.1, -0.05) is 55.1 Å². The van der Waals surface area contributed by atoms with Crippen LogP contribution in [0.2, 0.25) is 0 Å². The number of fused-ring (bicyclic) bond motifs is 1. The molecule has 166 valence electrons. The molecule has 0 unspecified atom stereocenters. The number of furan rings is 1. The number of hydrogen-bond acceptors (Lipinski definition) is 4. The average molecular weight is 433 g/mol. The first-order valence-electron chi connectivity index (χ1n) is 11.0. The first kappa shape index (κ1) is 21.7. The van der Waals surface area contributed by atoms with Crippen molar-refractivity contribution < 1.29 is 18.7 Å². The zero-order valence-corrected chi connectivity index (χ0v) is 18.0. The fourth-order valence-corrected chi connectivity index (χ4v) is 4.53. The topological polar surface area (TPSA) is 80.6 Å². The third kappa shape index (κ3) is 4.69. The fourth-order valence-electron chi connectivity index (χ4n) is 4.53. The lowest BCUT2D eigenvalue weighted by atomic mass is 9.68. The van der Waals surface area contributed by atoms with Gasteiger partial charge in [0.05, 0.1) is 11.8 Å². The molecule has 0 saturated heterocycles. The van der Waals surface area contributed by atoms with Crippen LogP contribution in [0.1, 0.15) is 41.6 Å². The van der Waals surface area contributed by atoms with Crippen LogP contribution in [-0.2, 0) is 10.2 Å². The second-order valence-corrected chi connectivity index (χ2v) is 8.28. The van der Waals surface area contributed by atoms with Crippen LogP contribution in [0.25, 0.3) is 11.0 Å². The van der Waals surface area contributed by atoms with E-state index in [1.165, 1.54) is 5.56 Å². The van der Waals surface area contributed by atoms with Gasteiger partial charge in [-0.25, -0.2) is 4.79 Å². The summed E-state index contributed by atoms with van der Waals surface area (Å²) in [6.45, 7) is 4.27. The minimum Gasteiger partial charge on any atom is -0.464 e. The van der Waals surface area contributed by atoms with E-state index in [0.717, 1.165) is 31.1 Å². The minimum atomic E-state index is -0.415. The van der Waals surface area contributed by atoms with Gasteiger partial charge in [0.25, 0.3) is 5.91 Å². The Labute approximate surface area is 187 Å². The molecule has 3 aromatic rings. The van der Waals surface area contributed by atoms with Crippen molar-refractivity contribution >= 4 is 23.0 Å².